The van der Waals surface area contributed by atoms with Gasteiger partial charge in [-0.3, -0.25) is 0 Å². The quantitative estimate of drug-likeness (QED) is 0.698. The molecular formula is C16H28O. The van der Waals surface area contributed by atoms with E-state index in [9.17, 15) is 5.11 Å². The number of aliphatic hydroxyl groups is 1. The van der Waals surface area contributed by atoms with Crippen LogP contribution in [0, 0.1) is 11.3 Å². The third kappa shape index (κ3) is 3.22. The highest BCUT2D eigenvalue weighted by molar-refractivity contribution is 5.20. The van der Waals surface area contributed by atoms with Gasteiger partial charge in [-0.25, -0.2) is 0 Å². The molecule has 1 N–H and O–H groups in total. The average molecular weight is 236 g/mol. The largest absolute Gasteiger partial charge is 0.389 e. The van der Waals surface area contributed by atoms with E-state index >= 15 is 0 Å². The molecule has 1 aliphatic carbocycles. The molecule has 0 aromatic rings. The minimum absolute atomic E-state index is 0.237. The Morgan fingerprint density at radius 1 is 1.53 bits per heavy atom. The van der Waals surface area contributed by atoms with Gasteiger partial charge in [0.1, 0.15) is 0 Å². The molecule has 0 saturated carbocycles. The Morgan fingerprint density at radius 3 is 2.59 bits per heavy atom. The average Bonchev–Trinajstić information content (AvgIpc) is 2.55. The van der Waals surface area contributed by atoms with Crippen molar-refractivity contribution in [3.05, 3.63) is 23.3 Å². The fourth-order valence-corrected chi connectivity index (χ4v) is 2.66. The first kappa shape index (κ1) is 14.5. The summed E-state index contributed by atoms with van der Waals surface area (Å²) in [4.78, 5) is 0. The predicted octanol–water partition coefficient (Wildman–Crippen LogP) is 4.48. The number of allylic oxidation sites excluding steroid dienone is 3. The first-order chi connectivity index (χ1) is 7.93. The zero-order valence-electron chi connectivity index (χ0n) is 12.1. The van der Waals surface area contributed by atoms with Crippen molar-refractivity contribution in [3.8, 4) is 0 Å². The summed E-state index contributed by atoms with van der Waals surface area (Å²) < 4.78 is 0. The van der Waals surface area contributed by atoms with E-state index < -0.39 is 0 Å². The lowest BCUT2D eigenvalue weighted by atomic mass is 9.76. The van der Waals surface area contributed by atoms with Crippen LogP contribution in [0.5, 0.6) is 0 Å². The van der Waals surface area contributed by atoms with Crippen molar-refractivity contribution in [1.29, 1.82) is 0 Å². The highest BCUT2D eigenvalue weighted by atomic mass is 16.3. The van der Waals surface area contributed by atoms with Gasteiger partial charge in [-0.2, -0.15) is 0 Å². The standard InChI is InChI=1S/C16H28O/c1-6-13(15(17)7-2)9-11-14-10-8-12(3)16(14,4)5/h8-9,14-15,17H,6-7,10-11H2,1-5H3. The van der Waals surface area contributed by atoms with Gasteiger partial charge in [-0.1, -0.05) is 45.4 Å². The highest BCUT2D eigenvalue weighted by Crippen LogP contribution is 2.44. The second-order valence-corrected chi connectivity index (χ2v) is 5.83. The van der Waals surface area contributed by atoms with Crippen molar-refractivity contribution in [2.24, 2.45) is 11.3 Å². The van der Waals surface area contributed by atoms with Crippen LogP contribution in [-0.2, 0) is 0 Å². The molecule has 1 nitrogen and oxygen atoms in total. The number of rotatable bonds is 5. The molecule has 1 aliphatic rings. The van der Waals surface area contributed by atoms with Crippen molar-refractivity contribution in [1.82, 2.24) is 0 Å². The summed E-state index contributed by atoms with van der Waals surface area (Å²) in [7, 11) is 0. The summed E-state index contributed by atoms with van der Waals surface area (Å²) in [5, 5.41) is 9.89. The molecule has 0 amide bonds. The number of aliphatic hydroxyl groups excluding tert-OH is 1. The normalized spacial score (nSPS) is 25.9. The lowest BCUT2D eigenvalue weighted by Crippen LogP contribution is -2.20. The fraction of sp³-hybridized carbons (Fsp3) is 0.750. The maximum absolute atomic E-state index is 9.89. The number of hydrogen-bond acceptors (Lipinski definition) is 1. The molecule has 17 heavy (non-hydrogen) atoms. The summed E-state index contributed by atoms with van der Waals surface area (Å²) in [6, 6.07) is 0. The maximum atomic E-state index is 9.89. The third-order valence-electron chi connectivity index (χ3n) is 4.63. The summed E-state index contributed by atoms with van der Waals surface area (Å²) in [5.41, 5.74) is 3.06. The van der Waals surface area contributed by atoms with Crippen molar-refractivity contribution in [2.75, 3.05) is 0 Å². The molecule has 2 unspecified atom stereocenters. The van der Waals surface area contributed by atoms with Crippen molar-refractivity contribution < 1.29 is 5.11 Å². The Bertz CT molecular complexity index is 309. The number of hydrogen-bond donors (Lipinski definition) is 1. The summed E-state index contributed by atoms with van der Waals surface area (Å²) in [6.45, 7) is 11.1. The van der Waals surface area contributed by atoms with E-state index in [0.29, 0.717) is 11.3 Å². The lowest BCUT2D eigenvalue weighted by Gasteiger charge is -2.29. The summed E-state index contributed by atoms with van der Waals surface area (Å²) in [5.74, 6) is 0.702. The van der Waals surface area contributed by atoms with Crippen molar-refractivity contribution >= 4 is 0 Å². The van der Waals surface area contributed by atoms with Crippen LogP contribution in [0.25, 0.3) is 0 Å². The topological polar surface area (TPSA) is 20.2 Å². The van der Waals surface area contributed by atoms with Crippen LogP contribution in [0.3, 0.4) is 0 Å². The van der Waals surface area contributed by atoms with Crippen LogP contribution >= 0.6 is 0 Å². The van der Waals surface area contributed by atoms with Crippen LogP contribution in [0.4, 0.5) is 0 Å². The monoisotopic (exact) mass is 236 g/mol. The van der Waals surface area contributed by atoms with Gasteiger partial charge in [0.05, 0.1) is 6.10 Å². The minimum atomic E-state index is -0.237. The molecule has 0 aromatic carbocycles. The molecule has 1 heteroatoms. The van der Waals surface area contributed by atoms with E-state index in [2.05, 4.69) is 39.8 Å². The van der Waals surface area contributed by atoms with Gasteiger partial charge in [-0.15, -0.1) is 0 Å². The van der Waals surface area contributed by atoms with E-state index in [1.807, 2.05) is 6.92 Å². The van der Waals surface area contributed by atoms with E-state index in [1.54, 1.807) is 0 Å². The molecule has 0 saturated heterocycles. The molecule has 1 rings (SSSR count). The molecule has 0 heterocycles. The van der Waals surface area contributed by atoms with Gasteiger partial charge in [0.15, 0.2) is 0 Å². The van der Waals surface area contributed by atoms with Gasteiger partial charge >= 0.3 is 0 Å². The fourth-order valence-electron chi connectivity index (χ4n) is 2.66. The Morgan fingerprint density at radius 2 is 2.18 bits per heavy atom. The van der Waals surface area contributed by atoms with Crippen LogP contribution < -0.4 is 0 Å². The van der Waals surface area contributed by atoms with Crippen LogP contribution in [0.2, 0.25) is 0 Å². The smallest absolute Gasteiger partial charge is 0.0747 e. The van der Waals surface area contributed by atoms with Crippen LogP contribution in [-0.4, -0.2) is 11.2 Å². The maximum Gasteiger partial charge on any atom is 0.0747 e. The molecule has 0 fully saturated rings. The van der Waals surface area contributed by atoms with Crippen LogP contribution in [0.15, 0.2) is 23.3 Å². The summed E-state index contributed by atoms with van der Waals surface area (Å²) in [6.07, 6.45) is 8.50. The highest BCUT2D eigenvalue weighted by Gasteiger charge is 2.33. The third-order valence-corrected chi connectivity index (χ3v) is 4.63. The molecule has 0 radical (unpaired) electrons. The zero-order valence-corrected chi connectivity index (χ0v) is 12.1. The molecule has 0 bridgehead atoms. The molecule has 98 valence electrons. The van der Waals surface area contributed by atoms with E-state index in [1.165, 1.54) is 17.6 Å². The van der Waals surface area contributed by atoms with Crippen molar-refractivity contribution in [3.63, 3.8) is 0 Å². The van der Waals surface area contributed by atoms with Gasteiger partial charge < -0.3 is 5.11 Å². The summed E-state index contributed by atoms with van der Waals surface area (Å²) >= 11 is 0. The molecule has 2 atom stereocenters. The SMILES string of the molecule is CCC(=CCC1CC=C(C)C1(C)C)C(O)CC. The molecule has 0 aliphatic heterocycles. The molecule has 0 spiro atoms. The van der Waals surface area contributed by atoms with E-state index in [-0.39, 0.29) is 6.10 Å². The molecule has 0 aromatic heterocycles. The van der Waals surface area contributed by atoms with Gasteiger partial charge in [0.2, 0.25) is 0 Å². The van der Waals surface area contributed by atoms with Gasteiger partial charge in [0, 0.05) is 0 Å². The van der Waals surface area contributed by atoms with E-state index in [4.69, 9.17) is 0 Å². The first-order valence-corrected chi connectivity index (χ1v) is 6.97. The van der Waals surface area contributed by atoms with E-state index in [0.717, 1.165) is 19.3 Å². The first-order valence-electron chi connectivity index (χ1n) is 6.97. The van der Waals surface area contributed by atoms with Gasteiger partial charge in [-0.05, 0) is 49.5 Å². The Labute approximate surface area is 107 Å². The van der Waals surface area contributed by atoms with Crippen molar-refractivity contribution in [2.45, 2.75) is 66.4 Å². The van der Waals surface area contributed by atoms with Crippen LogP contribution in [0.1, 0.15) is 60.3 Å². The lowest BCUT2D eigenvalue weighted by molar-refractivity contribution is 0.201. The Hall–Kier alpha value is -0.560. The molecular weight excluding hydrogens is 208 g/mol. The Kier molecular flexibility index (Phi) is 5.00. The van der Waals surface area contributed by atoms with Gasteiger partial charge in [0.25, 0.3) is 0 Å². The Balaban J connectivity index is 2.65. The predicted molar refractivity (Wildman–Crippen MR) is 74.9 cm³/mol. The second kappa shape index (κ2) is 5.86. The zero-order chi connectivity index (χ0) is 13.1. The minimum Gasteiger partial charge on any atom is -0.389 e. The second-order valence-electron chi connectivity index (χ2n) is 5.83.